The van der Waals surface area contributed by atoms with Crippen LogP contribution < -0.4 is 15.4 Å². The Morgan fingerprint density at radius 3 is 2.55 bits per heavy atom. The van der Waals surface area contributed by atoms with Crippen LogP contribution in [0.1, 0.15) is 25.8 Å². The van der Waals surface area contributed by atoms with Gasteiger partial charge in [-0.3, -0.25) is 14.5 Å². The Kier molecular flexibility index (Phi) is 8.01. The molecule has 2 saturated heterocycles. The lowest BCUT2D eigenvalue weighted by Gasteiger charge is -2.45. The fourth-order valence-corrected chi connectivity index (χ4v) is 6.56. The van der Waals surface area contributed by atoms with E-state index in [1.807, 2.05) is 43.3 Å². The van der Waals surface area contributed by atoms with Crippen molar-refractivity contribution < 1.29 is 4.79 Å². The van der Waals surface area contributed by atoms with Crippen LogP contribution in [0.25, 0.3) is 27.4 Å². The molecule has 0 saturated carbocycles. The first kappa shape index (κ1) is 29.3. The zero-order chi connectivity index (χ0) is 31.0. The maximum Gasteiger partial charge on any atom is 0.298 e. The predicted molar refractivity (Wildman–Crippen MR) is 172 cm³/mol. The average Bonchev–Trinajstić information content (AvgIpc) is 3.02. The van der Waals surface area contributed by atoms with Gasteiger partial charge >= 0.3 is 0 Å². The van der Waals surface area contributed by atoms with Gasteiger partial charge in [-0.1, -0.05) is 50.8 Å². The van der Waals surface area contributed by atoms with Crippen LogP contribution in [0, 0.1) is 18.3 Å². The van der Waals surface area contributed by atoms with Crippen molar-refractivity contribution in [3.8, 4) is 11.8 Å². The van der Waals surface area contributed by atoms with E-state index in [9.17, 15) is 14.9 Å². The molecule has 1 amide bonds. The summed E-state index contributed by atoms with van der Waals surface area (Å²) in [4.78, 5) is 45.0. The number of amides is 1. The molecule has 2 aliphatic rings. The fraction of sp³-hybridized carbons (Fsp3) is 0.394. The molecular weight excluding hydrogens is 554 g/mol. The molecule has 0 bridgehead atoms. The minimum atomic E-state index is -0.337. The molecule has 226 valence electrons. The second-order valence-corrected chi connectivity index (χ2v) is 11.4. The highest BCUT2D eigenvalue weighted by Crippen LogP contribution is 2.31. The second kappa shape index (κ2) is 12.1. The van der Waals surface area contributed by atoms with Gasteiger partial charge < -0.3 is 14.7 Å². The number of fused-ring (bicyclic) bond motifs is 2. The number of rotatable bonds is 8. The van der Waals surface area contributed by atoms with Crippen LogP contribution in [0.4, 0.5) is 11.8 Å². The van der Waals surface area contributed by atoms with Gasteiger partial charge in [-0.15, -0.1) is 0 Å². The van der Waals surface area contributed by atoms with Gasteiger partial charge in [0.1, 0.15) is 11.3 Å². The van der Waals surface area contributed by atoms with E-state index in [4.69, 9.17) is 9.97 Å². The van der Waals surface area contributed by atoms with Crippen LogP contribution in [-0.4, -0.2) is 93.4 Å². The van der Waals surface area contributed by atoms with Gasteiger partial charge in [0.25, 0.3) is 5.56 Å². The number of hydrogen-bond donors (Lipinski definition) is 0. The Balaban J connectivity index is 1.47. The molecule has 0 unspecified atom stereocenters. The molecule has 44 heavy (non-hydrogen) atoms. The van der Waals surface area contributed by atoms with Gasteiger partial charge in [0, 0.05) is 44.2 Å². The van der Waals surface area contributed by atoms with Crippen molar-refractivity contribution in [2.75, 3.05) is 55.6 Å². The van der Waals surface area contributed by atoms with Crippen LogP contribution in [0.3, 0.4) is 0 Å². The van der Waals surface area contributed by atoms with E-state index in [1.165, 1.54) is 10.8 Å². The molecule has 6 rings (SSSR count). The number of nitriles is 1. The summed E-state index contributed by atoms with van der Waals surface area (Å²) < 4.78 is 1.44. The molecule has 2 aliphatic heterocycles. The lowest BCUT2D eigenvalue weighted by Crippen LogP contribution is -2.60. The Labute approximate surface area is 256 Å². The van der Waals surface area contributed by atoms with Crippen molar-refractivity contribution in [1.29, 1.82) is 5.26 Å². The van der Waals surface area contributed by atoms with E-state index in [-0.39, 0.29) is 23.9 Å². The molecule has 4 heterocycles. The Morgan fingerprint density at radius 2 is 1.84 bits per heavy atom. The highest BCUT2D eigenvalue weighted by molar-refractivity contribution is 5.94. The van der Waals surface area contributed by atoms with E-state index in [0.29, 0.717) is 54.0 Å². The van der Waals surface area contributed by atoms with Gasteiger partial charge in [0.15, 0.2) is 0 Å². The predicted octanol–water partition coefficient (Wildman–Crippen LogP) is 3.28. The molecule has 0 aliphatic carbocycles. The summed E-state index contributed by atoms with van der Waals surface area (Å²) in [6.45, 7) is 14.7. The zero-order valence-corrected chi connectivity index (χ0v) is 25.5. The summed E-state index contributed by atoms with van der Waals surface area (Å²) >= 11 is 0. The highest BCUT2D eigenvalue weighted by atomic mass is 16.2. The number of anilines is 2. The number of likely N-dealkylation sites (N-methyl/N-ethyl adjacent to an activating group) is 1. The summed E-state index contributed by atoms with van der Waals surface area (Å²) in [6, 6.07) is 14.2. The van der Waals surface area contributed by atoms with Crippen LogP contribution in [0.15, 0.2) is 60.0 Å². The van der Waals surface area contributed by atoms with E-state index in [1.54, 1.807) is 11.1 Å². The van der Waals surface area contributed by atoms with Gasteiger partial charge in [-0.25, -0.2) is 4.98 Å². The third kappa shape index (κ3) is 5.05. The van der Waals surface area contributed by atoms with Gasteiger partial charge in [0.05, 0.1) is 35.8 Å². The van der Waals surface area contributed by atoms with Crippen molar-refractivity contribution in [3.05, 3.63) is 71.2 Å². The molecular formula is C33H37N9O2. The maximum atomic E-state index is 14.3. The summed E-state index contributed by atoms with van der Waals surface area (Å²) in [5.41, 5.74) is 1.72. The third-order valence-corrected chi connectivity index (χ3v) is 8.97. The number of aromatic nitrogens is 4. The first-order valence-corrected chi connectivity index (χ1v) is 15.2. The van der Waals surface area contributed by atoms with E-state index >= 15 is 0 Å². The Bertz CT molecular complexity index is 1830. The molecule has 0 radical (unpaired) electrons. The number of benzene rings is 2. The molecule has 4 aromatic rings. The minimum absolute atomic E-state index is 0.176. The van der Waals surface area contributed by atoms with E-state index in [2.05, 4.69) is 46.3 Å². The molecule has 2 fully saturated rings. The Hall–Kier alpha value is -4.82. The first-order valence-electron chi connectivity index (χ1n) is 15.2. The normalized spacial score (nSPS) is 17.2. The van der Waals surface area contributed by atoms with Crippen LogP contribution in [0.2, 0.25) is 0 Å². The van der Waals surface area contributed by atoms with Crippen LogP contribution in [0.5, 0.6) is 0 Å². The van der Waals surface area contributed by atoms with Crippen LogP contribution >= 0.6 is 0 Å². The largest absolute Gasteiger partial charge is 0.352 e. The molecule has 0 N–H and O–H groups in total. The molecule has 0 spiro atoms. The SMILES string of the molecule is C=CC(=O)N1CCN(c2nc(N3CC(N(CC)CC)C3)nc3c(=O)n(-c4cccc5cccc(C)c45)ncc23)C[C@@H]1CC#N. The van der Waals surface area contributed by atoms with Crippen molar-refractivity contribution in [2.24, 2.45) is 0 Å². The summed E-state index contributed by atoms with van der Waals surface area (Å²) in [5.74, 6) is 0.896. The van der Waals surface area contributed by atoms with Gasteiger partial charge in [-0.05, 0) is 43.1 Å². The van der Waals surface area contributed by atoms with E-state index in [0.717, 1.165) is 42.5 Å². The first-order chi connectivity index (χ1) is 21.4. The number of carbonyl (C=O) groups excluding carboxylic acids is 1. The molecule has 11 heteroatoms. The van der Waals surface area contributed by atoms with Crippen molar-refractivity contribution in [2.45, 2.75) is 39.3 Å². The van der Waals surface area contributed by atoms with Gasteiger partial charge in [0.2, 0.25) is 11.9 Å². The summed E-state index contributed by atoms with van der Waals surface area (Å²) in [6.07, 6.45) is 3.13. The Morgan fingerprint density at radius 1 is 1.09 bits per heavy atom. The summed E-state index contributed by atoms with van der Waals surface area (Å²) in [5, 5.41) is 16.7. The van der Waals surface area contributed by atoms with Gasteiger partial charge in [-0.2, -0.15) is 20.0 Å². The average molecular weight is 592 g/mol. The molecule has 1 atom stereocenters. The van der Waals surface area contributed by atoms with E-state index < -0.39 is 0 Å². The number of aryl methyl sites for hydroxylation is 1. The monoisotopic (exact) mass is 591 g/mol. The lowest BCUT2D eigenvalue weighted by atomic mass is 10.0. The van der Waals surface area contributed by atoms with Crippen molar-refractivity contribution >= 4 is 39.3 Å². The molecule has 2 aromatic heterocycles. The minimum Gasteiger partial charge on any atom is -0.352 e. The number of piperazine rings is 1. The standard InChI is InChI=1S/C33H37N9O2/c1-5-28(43)41-17-16-39(19-24(41)14-15-34)31-26-18-35-42(27-13-9-12-23-11-8-10-22(4)29(23)27)32(44)30(26)36-33(37-31)40-20-25(21-40)38(6-2)7-3/h5,8-13,18,24-25H,1,6-7,14,16-17,19-21H2,2-4H3/t24-/m0/s1. The fourth-order valence-electron chi connectivity index (χ4n) is 6.56. The van der Waals surface area contributed by atoms with Crippen molar-refractivity contribution in [1.82, 2.24) is 29.5 Å². The number of hydrogen-bond acceptors (Lipinski definition) is 9. The van der Waals surface area contributed by atoms with Crippen LogP contribution in [-0.2, 0) is 4.79 Å². The zero-order valence-electron chi connectivity index (χ0n) is 25.5. The third-order valence-electron chi connectivity index (χ3n) is 8.97. The number of carbonyl (C=O) groups is 1. The highest BCUT2D eigenvalue weighted by Gasteiger charge is 2.35. The molecule has 2 aromatic carbocycles. The smallest absolute Gasteiger partial charge is 0.298 e. The number of nitrogens with zero attached hydrogens (tertiary/aromatic N) is 9. The lowest BCUT2D eigenvalue weighted by molar-refractivity contribution is -0.128. The maximum absolute atomic E-state index is 14.3. The van der Waals surface area contributed by atoms with Crippen molar-refractivity contribution in [3.63, 3.8) is 0 Å². The quantitative estimate of drug-likeness (QED) is 0.285. The summed E-state index contributed by atoms with van der Waals surface area (Å²) in [7, 11) is 0. The molecule has 11 nitrogen and oxygen atoms in total. The topological polar surface area (TPSA) is 114 Å². The second-order valence-electron chi connectivity index (χ2n) is 11.4.